The van der Waals surface area contributed by atoms with Crippen LogP contribution in [0, 0.1) is 11.8 Å². The third-order valence-corrected chi connectivity index (χ3v) is 3.81. The van der Waals surface area contributed by atoms with Gasteiger partial charge in [0.25, 0.3) is 0 Å². The fourth-order valence-electron chi connectivity index (χ4n) is 2.70. The summed E-state index contributed by atoms with van der Waals surface area (Å²) in [5.41, 5.74) is 0.914. The number of aliphatic hydroxyl groups excluding tert-OH is 1. The molecule has 0 aromatic heterocycles. The number of benzene rings is 1. The molecule has 4 heteroatoms. The van der Waals surface area contributed by atoms with E-state index in [-0.39, 0.29) is 17.8 Å². The van der Waals surface area contributed by atoms with Gasteiger partial charge in [0.05, 0.1) is 19.1 Å². The Morgan fingerprint density at radius 3 is 2.74 bits per heavy atom. The average molecular weight is 263 g/mol. The van der Waals surface area contributed by atoms with Crippen LogP contribution in [0.3, 0.4) is 0 Å². The molecule has 1 aromatic rings. The highest BCUT2D eigenvalue weighted by atomic mass is 16.5. The minimum absolute atomic E-state index is 0.0760. The second-order valence-corrected chi connectivity index (χ2v) is 5.25. The number of hydrogen-bond donors (Lipinski definition) is 1. The van der Waals surface area contributed by atoms with Crippen molar-refractivity contribution >= 4 is 5.97 Å². The Labute approximate surface area is 114 Å². The maximum atomic E-state index is 11.6. The van der Waals surface area contributed by atoms with Crippen molar-refractivity contribution in [2.45, 2.75) is 13.0 Å². The number of carbonyl (C=O) groups is 1. The van der Waals surface area contributed by atoms with Crippen molar-refractivity contribution in [3.05, 3.63) is 35.9 Å². The van der Waals surface area contributed by atoms with Crippen molar-refractivity contribution in [2.24, 2.45) is 11.8 Å². The van der Waals surface area contributed by atoms with Crippen LogP contribution in [0.5, 0.6) is 0 Å². The van der Waals surface area contributed by atoms with E-state index in [2.05, 4.69) is 11.8 Å². The molecule has 1 aromatic carbocycles. The maximum Gasteiger partial charge on any atom is 0.310 e. The predicted molar refractivity (Wildman–Crippen MR) is 72.5 cm³/mol. The second kappa shape index (κ2) is 6.17. The summed E-state index contributed by atoms with van der Waals surface area (Å²) in [5.74, 6) is 0.0487. The monoisotopic (exact) mass is 263 g/mol. The van der Waals surface area contributed by atoms with Crippen LogP contribution in [-0.2, 0) is 9.53 Å². The van der Waals surface area contributed by atoms with Crippen LogP contribution in [0.25, 0.3) is 0 Å². The van der Waals surface area contributed by atoms with E-state index in [9.17, 15) is 9.90 Å². The molecule has 4 nitrogen and oxygen atoms in total. The molecule has 0 bridgehead atoms. The Morgan fingerprint density at radius 1 is 1.42 bits per heavy atom. The van der Waals surface area contributed by atoms with Gasteiger partial charge in [-0.2, -0.15) is 0 Å². The fourth-order valence-corrected chi connectivity index (χ4v) is 2.70. The van der Waals surface area contributed by atoms with Crippen molar-refractivity contribution in [2.75, 3.05) is 26.7 Å². The van der Waals surface area contributed by atoms with E-state index in [1.54, 1.807) is 0 Å². The van der Waals surface area contributed by atoms with Crippen molar-refractivity contribution in [1.82, 2.24) is 4.90 Å². The highest BCUT2D eigenvalue weighted by Gasteiger charge is 2.36. The Hall–Kier alpha value is -1.39. The molecule has 104 valence electrons. The number of hydrogen-bond acceptors (Lipinski definition) is 4. The molecule has 1 N–H and O–H groups in total. The highest BCUT2D eigenvalue weighted by molar-refractivity contribution is 5.73. The molecule has 0 radical (unpaired) electrons. The molecule has 0 saturated carbocycles. The van der Waals surface area contributed by atoms with Crippen molar-refractivity contribution < 1.29 is 14.6 Å². The maximum absolute atomic E-state index is 11.6. The lowest BCUT2D eigenvalue weighted by molar-refractivity contribution is -0.146. The molecule has 1 fully saturated rings. The molecular formula is C15H21NO3. The third-order valence-electron chi connectivity index (χ3n) is 3.81. The number of rotatable bonds is 4. The minimum Gasteiger partial charge on any atom is -0.469 e. The van der Waals surface area contributed by atoms with Gasteiger partial charge in [-0.1, -0.05) is 37.3 Å². The van der Waals surface area contributed by atoms with Crippen LogP contribution in [0.4, 0.5) is 0 Å². The fraction of sp³-hybridized carbons (Fsp3) is 0.533. The lowest BCUT2D eigenvalue weighted by atomic mass is 9.99. The second-order valence-electron chi connectivity index (χ2n) is 5.25. The first-order chi connectivity index (χ1) is 9.11. The van der Waals surface area contributed by atoms with E-state index >= 15 is 0 Å². The SMILES string of the molecule is COC(=O)C1CN(CC(O)c2ccccc2)CC1C. The molecule has 1 aliphatic heterocycles. The van der Waals surface area contributed by atoms with Crippen molar-refractivity contribution in [3.63, 3.8) is 0 Å². The van der Waals surface area contributed by atoms with Gasteiger partial charge in [0, 0.05) is 19.6 Å². The van der Waals surface area contributed by atoms with Crippen LogP contribution in [0.15, 0.2) is 30.3 Å². The number of carbonyl (C=O) groups excluding carboxylic acids is 1. The molecule has 3 unspecified atom stereocenters. The van der Waals surface area contributed by atoms with Crippen LogP contribution in [0.1, 0.15) is 18.6 Å². The Balaban J connectivity index is 1.93. The topological polar surface area (TPSA) is 49.8 Å². The van der Waals surface area contributed by atoms with E-state index in [0.29, 0.717) is 13.1 Å². The molecule has 0 amide bonds. The van der Waals surface area contributed by atoms with Crippen molar-refractivity contribution in [3.8, 4) is 0 Å². The van der Waals surface area contributed by atoms with E-state index in [1.807, 2.05) is 30.3 Å². The minimum atomic E-state index is -0.509. The number of ether oxygens (including phenoxy) is 1. The van der Waals surface area contributed by atoms with E-state index < -0.39 is 6.10 Å². The summed E-state index contributed by atoms with van der Waals surface area (Å²) in [7, 11) is 1.43. The van der Waals surface area contributed by atoms with Gasteiger partial charge in [-0.05, 0) is 11.5 Å². The summed E-state index contributed by atoms with van der Waals surface area (Å²) in [5, 5.41) is 10.2. The number of esters is 1. The first-order valence-corrected chi connectivity index (χ1v) is 6.65. The number of nitrogens with zero attached hydrogens (tertiary/aromatic N) is 1. The Morgan fingerprint density at radius 2 is 2.11 bits per heavy atom. The molecule has 0 spiro atoms. The summed E-state index contributed by atoms with van der Waals surface area (Å²) >= 11 is 0. The predicted octanol–water partition coefficient (Wildman–Crippen LogP) is 1.46. The number of β-amino-alcohol motifs (C(OH)–C–C–N with tert-alkyl or cyclic N) is 1. The summed E-state index contributed by atoms with van der Waals surface area (Å²) < 4.78 is 4.81. The van der Waals surface area contributed by atoms with Gasteiger partial charge in [-0.3, -0.25) is 9.69 Å². The molecule has 0 aliphatic carbocycles. The first-order valence-electron chi connectivity index (χ1n) is 6.65. The largest absolute Gasteiger partial charge is 0.469 e. The smallest absolute Gasteiger partial charge is 0.310 e. The molecule has 1 aliphatic rings. The van der Waals surface area contributed by atoms with Crippen LogP contribution in [0.2, 0.25) is 0 Å². The number of likely N-dealkylation sites (tertiary alicyclic amines) is 1. The average Bonchev–Trinajstić information content (AvgIpc) is 2.79. The van der Waals surface area contributed by atoms with Crippen LogP contribution in [-0.4, -0.2) is 42.7 Å². The van der Waals surface area contributed by atoms with Gasteiger partial charge >= 0.3 is 5.97 Å². The van der Waals surface area contributed by atoms with Gasteiger partial charge in [0.15, 0.2) is 0 Å². The quantitative estimate of drug-likeness (QED) is 0.836. The zero-order valence-electron chi connectivity index (χ0n) is 11.5. The standard InChI is InChI=1S/C15H21NO3/c1-11-8-16(9-13(11)15(18)19-2)10-14(17)12-6-4-3-5-7-12/h3-7,11,13-14,17H,8-10H2,1-2H3. The number of methoxy groups -OCH3 is 1. The summed E-state index contributed by atoms with van der Waals surface area (Å²) in [6.07, 6.45) is -0.509. The van der Waals surface area contributed by atoms with Crippen molar-refractivity contribution in [1.29, 1.82) is 0 Å². The normalized spacial score (nSPS) is 25.2. The zero-order valence-corrected chi connectivity index (χ0v) is 11.5. The molecule has 1 saturated heterocycles. The molecule has 1 heterocycles. The van der Waals surface area contributed by atoms with Crippen LogP contribution >= 0.6 is 0 Å². The summed E-state index contributed by atoms with van der Waals surface area (Å²) in [6.45, 7) is 4.10. The van der Waals surface area contributed by atoms with Gasteiger partial charge in [-0.25, -0.2) is 0 Å². The van der Waals surface area contributed by atoms with Gasteiger partial charge in [-0.15, -0.1) is 0 Å². The highest BCUT2D eigenvalue weighted by Crippen LogP contribution is 2.26. The molecule has 3 atom stereocenters. The van der Waals surface area contributed by atoms with Gasteiger partial charge < -0.3 is 9.84 Å². The molecule has 2 rings (SSSR count). The Bertz CT molecular complexity index is 421. The molecule has 19 heavy (non-hydrogen) atoms. The van der Waals surface area contributed by atoms with E-state index in [0.717, 1.165) is 12.1 Å². The Kier molecular flexibility index (Phi) is 4.56. The van der Waals surface area contributed by atoms with Gasteiger partial charge in [0.2, 0.25) is 0 Å². The number of aliphatic hydroxyl groups is 1. The first kappa shape index (κ1) is 14.0. The lowest BCUT2D eigenvalue weighted by Crippen LogP contribution is -2.28. The zero-order chi connectivity index (χ0) is 13.8. The van der Waals surface area contributed by atoms with Gasteiger partial charge in [0.1, 0.15) is 0 Å². The lowest BCUT2D eigenvalue weighted by Gasteiger charge is -2.20. The van der Waals surface area contributed by atoms with E-state index in [1.165, 1.54) is 7.11 Å². The molecular weight excluding hydrogens is 242 g/mol. The van der Waals surface area contributed by atoms with Crippen LogP contribution < -0.4 is 0 Å². The summed E-state index contributed by atoms with van der Waals surface area (Å²) in [6, 6.07) is 9.61. The third kappa shape index (κ3) is 3.33. The summed E-state index contributed by atoms with van der Waals surface area (Å²) in [4.78, 5) is 13.7. The van der Waals surface area contributed by atoms with E-state index in [4.69, 9.17) is 4.74 Å².